The molecule has 168 valence electrons. The van der Waals surface area contributed by atoms with Crippen molar-refractivity contribution in [1.29, 1.82) is 0 Å². The van der Waals surface area contributed by atoms with Crippen LogP contribution >= 0.6 is 0 Å². The number of ether oxygens (including phenoxy) is 2. The van der Waals surface area contributed by atoms with Crippen LogP contribution in [0.3, 0.4) is 0 Å². The number of halogens is 1. The topological polar surface area (TPSA) is 93.1 Å². The van der Waals surface area contributed by atoms with Crippen molar-refractivity contribution in [3.8, 4) is 5.75 Å². The van der Waals surface area contributed by atoms with Gasteiger partial charge in [0.2, 0.25) is 0 Å². The van der Waals surface area contributed by atoms with Gasteiger partial charge in [-0.3, -0.25) is 0 Å². The highest BCUT2D eigenvalue weighted by Crippen LogP contribution is 2.28. The van der Waals surface area contributed by atoms with Gasteiger partial charge >= 0.3 is 6.16 Å². The molecule has 0 bridgehead atoms. The maximum atomic E-state index is 14.5. The van der Waals surface area contributed by atoms with Crippen molar-refractivity contribution in [2.75, 3.05) is 24.2 Å². The van der Waals surface area contributed by atoms with E-state index in [-0.39, 0.29) is 11.0 Å². The normalized spacial score (nSPS) is 16.9. The number of carbonyl (C=O) groups is 1. The summed E-state index contributed by atoms with van der Waals surface area (Å²) in [4.78, 5) is 12.6. The summed E-state index contributed by atoms with van der Waals surface area (Å²) in [6.45, 7) is 4.45. The van der Waals surface area contributed by atoms with E-state index in [2.05, 4.69) is 0 Å². The highest BCUT2D eigenvalue weighted by atomic mass is 32.2. The molecule has 2 aromatic rings. The van der Waals surface area contributed by atoms with Crippen molar-refractivity contribution in [2.24, 2.45) is 0 Å². The van der Waals surface area contributed by atoms with Gasteiger partial charge in [-0.05, 0) is 49.7 Å². The molecule has 3 rings (SSSR count). The number of anilines is 1. The van der Waals surface area contributed by atoms with E-state index in [0.717, 1.165) is 17.9 Å². The summed E-state index contributed by atoms with van der Waals surface area (Å²) < 4.78 is 48.7. The molecule has 0 unspecified atom stereocenters. The Balaban J connectivity index is 1.65. The van der Waals surface area contributed by atoms with Crippen molar-refractivity contribution >= 4 is 21.7 Å². The van der Waals surface area contributed by atoms with Gasteiger partial charge in [-0.15, -0.1) is 0 Å². The Bertz CT molecular complexity index is 1070. The molecule has 0 radical (unpaired) electrons. The maximum Gasteiger partial charge on any atom is 0.506 e. The molecule has 7 nitrogen and oxygen atoms in total. The van der Waals surface area contributed by atoms with E-state index >= 15 is 0 Å². The number of benzene rings is 2. The molecule has 1 aliphatic rings. The Morgan fingerprint density at radius 3 is 2.65 bits per heavy atom. The van der Waals surface area contributed by atoms with Crippen LogP contribution in [0.25, 0.3) is 0 Å². The molecule has 31 heavy (non-hydrogen) atoms. The van der Waals surface area contributed by atoms with Gasteiger partial charge in [0.05, 0.1) is 17.1 Å². The number of nitrogens with zero attached hydrogens (tertiary/aromatic N) is 1. The van der Waals surface area contributed by atoms with Gasteiger partial charge in [-0.25, -0.2) is 17.6 Å². The van der Waals surface area contributed by atoms with Gasteiger partial charge in [-0.1, -0.05) is 12.1 Å². The second-order valence-corrected chi connectivity index (χ2v) is 10.3. The van der Waals surface area contributed by atoms with Crippen LogP contribution in [-0.4, -0.2) is 50.7 Å². The SMILES string of the molecule is CC(C)(Cc1cccc(O[C@H]2CCN(c3ccc(S(C)(=O)=O)cc3F)C2)c1)OC(=O)O. The molecule has 1 heterocycles. The number of hydrogen-bond donors (Lipinski definition) is 1. The molecule has 1 aliphatic heterocycles. The molecule has 1 saturated heterocycles. The lowest BCUT2D eigenvalue weighted by Crippen LogP contribution is -2.30. The molecule has 0 spiro atoms. The van der Waals surface area contributed by atoms with Crippen LogP contribution < -0.4 is 9.64 Å². The minimum atomic E-state index is -3.47. The van der Waals surface area contributed by atoms with Crippen molar-refractivity contribution in [1.82, 2.24) is 0 Å². The first kappa shape index (κ1) is 22.9. The molecule has 1 N–H and O–H groups in total. The Hall–Kier alpha value is -2.81. The van der Waals surface area contributed by atoms with Gasteiger partial charge in [0, 0.05) is 25.6 Å². The number of sulfone groups is 1. The van der Waals surface area contributed by atoms with Crippen LogP contribution in [0.1, 0.15) is 25.8 Å². The lowest BCUT2D eigenvalue weighted by Gasteiger charge is -2.23. The minimum absolute atomic E-state index is 0.0487. The monoisotopic (exact) mass is 451 g/mol. The predicted octanol–water partition coefficient (Wildman–Crippen LogP) is 3.90. The third kappa shape index (κ3) is 6.10. The summed E-state index contributed by atoms with van der Waals surface area (Å²) in [7, 11) is -3.47. The molecular formula is C22H26FNO6S. The predicted molar refractivity (Wildman–Crippen MR) is 114 cm³/mol. The Labute approximate surface area is 181 Å². The number of carboxylic acid groups (broad SMARTS) is 1. The smallest absolute Gasteiger partial charge is 0.489 e. The van der Waals surface area contributed by atoms with E-state index in [4.69, 9.17) is 14.6 Å². The number of hydrogen-bond acceptors (Lipinski definition) is 6. The van der Waals surface area contributed by atoms with Gasteiger partial charge in [-0.2, -0.15) is 0 Å². The summed E-state index contributed by atoms with van der Waals surface area (Å²) in [5.41, 5.74) is 0.352. The zero-order chi connectivity index (χ0) is 22.8. The third-order valence-electron chi connectivity index (χ3n) is 5.03. The Morgan fingerprint density at radius 1 is 1.26 bits per heavy atom. The standard InChI is InChI=1S/C22H26FNO6S/c1-22(2,30-21(25)26)13-15-5-4-6-16(11-15)29-17-9-10-24(14-17)20-8-7-18(12-19(20)23)31(3,27)28/h4-8,11-12,17H,9-10,13-14H2,1-3H3,(H,25,26)/t17-/m0/s1. The average Bonchev–Trinajstić information content (AvgIpc) is 3.07. The minimum Gasteiger partial charge on any atom is -0.489 e. The summed E-state index contributed by atoms with van der Waals surface area (Å²) in [5.74, 6) is 0.0644. The maximum absolute atomic E-state index is 14.5. The second-order valence-electron chi connectivity index (χ2n) is 8.31. The highest BCUT2D eigenvalue weighted by molar-refractivity contribution is 7.90. The van der Waals surface area contributed by atoms with Crippen molar-refractivity contribution in [3.05, 3.63) is 53.8 Å². The second kappa shape index (κ2) is 8.74. The molecule has 0 amide bonds. The number of rotatable bonds is 7. The van der Waals surface area contributed by atoms with Crippen LogP contribution in [0.15, 0.2) is 47.4 Å². The van der Waals surface area contributed by atoms with Crippen molar-refractivity contribution < 1.29 is 32.2 Å². The van der Waals surface area contributed by atoms with Crippen LogP contribution in [0.5, 0.6) is 5.75 Å². The zero-order valence-corrected chi connectivity index (χ0v) is 18.5. The highest BCUT2D eigenvalue weighted by Gasteiger charge is 2.27. The van der Waals surface area contributed by atoms with Gasteiger partial charge in [0.25, 0.3) is 0 Å². The quantitative estimate of drug-likeness (QED) is 0.638. The van der Waals surface area contributed by atoms with E-state index in [1.54, 1.807) is 13.8 Å². The van der Waals surface area contributed by atoms with E-state index in [0.29, 0.717) is 37.4 Å². The molecule has 0 aliphatic carbocycles. The summed E-state index contributed by atoms with van der Waals surface area (Å²) in [6.07, 6.45) is 0.647. The van der Waals surface area contributed by atoms with E-state index in [1.165, 1.54) is 12.1 Å². The third-order valence-corrected chi connectivity index (χ3v) is 6.14. The molecule has 1 atom stereocenters. The fourth-order valence-corrected chi connectivity index (χ4v) is 4.34. The lowest BCUT2D eigenvalue weighted by atomic mass is 9.98. The van der Waals surface area contributed by atoms with Crippen molar-refractivity contribution in [3.63, 3.8) is 0 Å². The van der Waals surface area contributed by atoms with Crippen LogP contribution in [0, 0.1) is 5.82 Å². The largest absolute Gasteiger partial charge is 0.506 e. The summed E-state index contributed by atoms with van der Waals surface area (Å²) >= 11 is 0. The van der Waals surface area contributed by atoms with Crippen LogP contribution in [0.4, 0.5) is 14.9 Å². The fourth-order valence-electron chi connectivity index (χ4n) is 3.70. The average molecular weight is 452 g/mol. The molecule has 0 aromatic heterocycles. The van der Waals surface area contributed by atoms with Gasteiger partial charge in [0.1, 0.15) is 23.3 Å². The first-order valence-corrected chi connectivity index (χ1v) is 11.7. The molecule has 0 saturated carbocycles. The van der Waals surface area contributed by atoms with E-state index in [1.807, 2.05) is 29.2 Å². The lowest BCUT2D eigenvalue weighted by molar-refractivity contribution is 0.00424. The first-order valence-electron chi connectivity index (χ1n) is 9.85. The van der Waals surface area contributed by atoms with Gasteiger partial charge < -0.3 is 19.5 Å². The molecule has 9 heteroatoms. The first-order chi connectivity index (χ1) is 14.4. The van der Waals surface area contributed by atoms with Crippen LogP contribution in [-0.2, 0) is 21.0 Å². The van der Waals surface area contributed by atoms with E-state index < -0.39 is 27.4 Å². The van der Waals surface area contributed by atoms with Crippen LogP contribution in [0.2, 0.25) is 0 Å². The molecule has 2 aromatic carbocycles. The Kier molecular flexibility index (Phi) is 6.45. The summed E-state index contributed by atoms with van der Waals surface area (Å²) in [6, 6.07) is 11.3. The fraction of sp³-hybridized carbons (Fsp3) is 0.409. The van der Waals surface area contributed by atoms with E-state index in [9.17, 15) is 17.6 Å². The van der Waals surface area contributed by atoms with Gasteiger partial charge in [0.15, 0.2) is 9.84 Å². The summed E-state index contributed by atoms with van der Waals surface area (Å²) in [5, 5.41) is 8.86. The van der Waals surface area contributed by atoms with Crippen molar-refractivity contribution in [2.45, 2.75) is 43.3 Å². The zero-order valence-electron chi connectivity index (χ0n) is 17.7. The molecular weight excluding hydrogens is 425 g/mol. The molecule has 1 fully saturated rings. The Morgan fingerprint density at radius 2 is 2.00 bits per heavy atom.